The van der Waals surface area contributed by atoms with Crippen LogP contribution in [0.5, 0.6) is 0 Å². The average Bonchev–Trinajstić information content (AvgIpc) is 3.12. The summed E-state index contributed by atoms with van der Waals surface area (Å²) in [5.41, 5.74) is -2.15. The molecule has 3 fully saturated rings. The van der Waals surface area contributed by atoms with Crippen LogP contribution in [0.4, 0.5) is 0 Å². The van der Waals surface area contributed by atoms with E-state index in [0.29, 0.717) is 18.5 Å². The molecule has 0 aromatic heterocycles. The molecule has 0 saturated carbocycles. The zero-order valence-corrected chi connectivity index (χ0v) is 14.9. The standard InChI is InChI=1S/C21H19NO5/c1-12(23)21-17-16(20(27-21)9-5-6-10-22(20)19(21)26)15(24)11-14(18(17)25)13-7-3-2-4-8-13/h2-4,7-8,11,16-17H,5-6,9-10H2,1H3/t16-,17-,20?,21?/m1/s1. The number of fused-ring (bicyclic) bond motifs is 3. The molecule has 4 atom stereocenters. The highest BCUT2D eigenvalue weighted by Crippen LogP contribution is 2.61. The Morgan fingerprint density at radius 2 is 1.85 bits per heavy atom. The monoisotopic (exact) mass is 365 g/mol. The molecular formula is C21H19NO5. The van der Waals surface area contributed by atoms with Gasteiger partial charge in [-0.2, -0.15) is 0 Å². The van der Waals surface area contributed by atoms with E-state index < -0.39 is 34.9 Å². The number of rotatable bonds is 2. The molecule has 1 spiro atoms. The van der Waals surface area contributed by atoms with Crippen molar-refractivity contribution in [1.29, 1.82) is 0 Å². The van der Waals surface area contributed by atoms with E-state index in [1.54, 1.807) is 29.2 Å². The molecular weight excluding hydrogens is 346 g/mol. The Morgan fingerprint density at radius 1 is 1.11 bits per heavy atom. The molecule has 6 nitrogen and oxygen atoms in total. The first-order chi connectivity index (χ1) is 12.9. The Balaban J connectivity index is 1.72. The molecule has 3 aliphatic heterocycles. The lowest BCUT2D eigenvalue weighted by atomic mass is 9.62. The Morgan fingerprint density at radius 3 is 2.56 bits per heavy atom. The molecule has 2 unspecified atom stereocenters. The second-order valence-electron chi connectivity index (χ2n) is 7.80. The predicted molar refractivity (Wildman–Crippen MR) is 94.2 cm³/mol. The highest BCUT2D eigenvalue weighted by atomic mass is 16.6. The second kappa shape index (κ2) is 5.23. The number of amides is 1. The van der Waals surface area contributed by atoms with Gasteiger partial charge < -0.3 is 9.64 Å². The lowest BCUT2D eigenvalue weighted by Gasteiger charge is -2.47. The molecule has 0 radical (unpaired) electrons. The minimum Gasteiger partial charge on any atom is -0.330 e. The van der Waals surface area contributed by atoms with Gasteiger partial charge in [0, 0.05) is 12.1 Å². The maximum Gasteiger partial charge on any atom is 0.265 e. The number of allylic oxidation sites excluding steroid dienone is 2. The van der Waals surface area contributed by atoms with Crippen molar-refractivity contribution < 1.29 is 23.9 Å². The largest absolute Gasteiger partial charge is 0.330 e. The maximum absolute atomic E-state index is 13.4. The first-order valence-corrected chi connectivity index (χ1v) is 9.32. The van der Waals surface area contributed by atoms with Gasteiger partial charge in [-0.1, -0.05) is 30.3 Å². The van der Waals surface area contributed by atoms with Crippen LogP contribution >= 0.6 is 0 Å². The summed E-state index contributed by atoms with van der Waals surface area (Å²) in [6.07, 6.45) is 3.44. The Bertz CT molecular complexity index is 935. The molecule has 0 N–H and O–H groups in total. The summed E-state index contributed by atoms with van der Waals surface area (Å²) in [5.74, 6) is -3.42. The van der Waals surface area contributed by atoms with Gasteiger partial charge in [-0.3, -0.25) is 19.2 Å². The van der Waals surface area contributed by atoms with Gasteiger partial charge >= 0.3 is 0 Å². The molecule has 1 aromatic carbocycles. The van der Waals surface area contributed by atoms with Crippen LogP contribution in [-0.2, 0) is 23.9 Å². The topological polar surface area (TPSA) is 80.8 Å². The lowest BCUT2D eigenvalue weighted by Crippen LogP contribution is -2.66. The van der Waals surface area contributed by atoms with Crippen LogP contribution in [0.15, 0.2) is 36.4 Å². The molecule has 5 rings (SSSR count). The third-order valence-electron chi connectivity index (χ3n) is 6.53. The normalized spacial score (nSPS) is 37.1. The summed E-state index contributed by atoms with van der Waals surface area (Å²) in [6, 6.07) is 8.88. The fourth-order valence-electron chi connectivity index (χ4n) is 5.43. The first kappa shape index (κ1) is 16.6. The van der Waals surface area contributed by atoms with Gasteiger partial charge in [0.1, 0.15) is 0 Å². The smallest absolute Gasteiger partial charge is 0.265 e. The number of hydrogen-bond acceptors (Lipinski definition) is 5. The van der Waals surface area contributed by atoms with E-state index in [4.69, 9.17) is 4.74 Å². The van der Waals surface area contributed by atoms with E-state index in [0.717, 1.165) is 12.8 Å². The van der Waals surface area contributed by atoms with Crippen LogP contribution in [-0.4, -0.2) is 46.0 Å². The van der Waals surface area contributed by atoms with E-state index in [-0.39, 0.29) is 17.1 Å². The molecule has 3 saturated heterocycles. The third kappa shape index (κ3) is 1.79. The van der Waals surface area contributed by atoms with Crippen molar-refractivity contribution in [2.45, 2.75) is 37.5 Å². The zero-order chi connectivity index (χ0) is 19.0. The van der Waals surface area contributed by atoms with E-state index in [9.17, 15) is 19.2 Å². The zero-order valence-electron chi connectivity index (χ0n) is 14.9. The van der Waals surface area contributed by atoms with Crippen LogP contribution in [0.2, 0.25) is 0 Å². The third-order valence-corrected chi connectivity index (χ3v) is 6.53. The van der Waals surface area contributed by atoms with Crippen molar-refractivity contribution in [2.24, 2.45) is 11.8 Å². The van der Waals surface area contributed by atoms with Crippen LogP contribution in [0.1, 0.15) is 31.7 Å². The van der Waals surface area contributed by atoms with Crippen LogP contribution < -0.4 is 0 Å². The molecule has 1 aliphatic carbocycles. The minimum atomic E-state index is -1.87. The molecule has 3 heterocycles. The van der Waals surface area contributed by atoms with Gasteiger partial charge in [-0.25, -0.2) is 0 Å². The lowest BCUT2D eigenvalue weighted by molar-refractivity contribution is -0.158. The van der Waals surface area contributed by atoms with Crippen molar-refractivity contribution in [3.63, 3.8) is 0 Å². The number of carbonyl (C=O) groups excluding carboxylic acids is 4. The van der Waals surface area contributed by atoms with Gasteiger partial charge in [0.15, 0.2) is 23.1 Å². The van der Waals surface area contributed by atoms with Crippen molar-refractivity contribution in [3.05, 3.63) is 42.0 Å². The Hall–Kier alpha value is -2.60. The van der Waals surface area contributed by atoms with E-state index in [1.807, 2.05) is 6.07 Å². The summed E-state index contributed by atoms with van der Waals surface area (Å²) in [6.45, 7) is 1.73. The molecule has 2 bridgehead atoms. The number of hydrogen-bond donors (Lipinski definition) is 0. The second-order valence-corrected chi connectivity index (χ2v) is 7.80. The van der Waals surface area contributed by atoms with E-state index >= 15 is 0 Å². The van der Waals surface area contributed by atoms with Crippen molar-refractivity contribution >= 4 is 28.8 Å². The van der Waals surface area contributed by atoms with E-state index in [2.05, 4.69) is 0 Å². The van der Waals surface area contributed by atoms with Gasteiger partial charge in [0.25, 0.3) is 5.91 Å². The minimum absolute atomic E-state index is 0.235. The van der Waals surface area contributed by atoms with Crippen molar-refractivity contribution in [1.82, 2.24) is 4.90 Å². The highest BCUT2D eigenvalue weighted by Gasteiger charge is 2.81. The SMILES string of the molecule is CC(=O)C12OC3(CCCCN3C1=O)[C@@H]1C(=O)C=C(c3ccccc3)C(=O)[C@@H]12. The Labute approximate surface area is 156 Å². The van der Waals surface area contributed by atoms with Gasteiger partial charge in [-0.15, -0.1) is 0 Å². The fraction of sp³-hybridized carbons (Fsp3) is 0.429. The van der Waals surface area contributed by atoms with Crippen LogP contribution in [0.3, 0.4) is 0 Å². The number of ether oxygens (including phenoxy) is 1. The summed E-state index contributed by atoms with van der Waals surface area (Å²) in [7, 11) is 0. The number of Topliss-reactive ketones (excluding diaryl/α,β-unsaturated/α-hetero) is 2. The molecule has 138 valence electrons. The summed E-state index contributed by atoms with van der Waals surface area (Å²) in [5, 5.41) is 0. The average molecular weight is 365 g/mol. The van der Waals surface area contributed by atoms with Gasteiger partial charge in [0.2, 0.25) is 5.60 Å². The quantitative estimate of drug-likeness (QED) is 0.743. The number of ketones is 3. The first-order valence-electron chi connectivity index (χ1n) is 9.32. The van der Waals surface area contributed by atoms with Gasteiger partial charge in [0.05, 0.1) is 11.8 Å². The van der Waals surface area contributed by atoms with E-state index in [1.165, 1.54) is 13.0 Å². The number of benzene rings is 1. The maximum atomic E-state index is 13.4. The molecule has 27 heavy (non-hydrogen) atoms. The number of piperidine rings is 2. The molecule has 6 heteroatoms. The predicted octanol–water partition coefficient (Wildman–Crippen LogP) is 1.53. The molecule has 1 amide bonds. The number of carbonyl (C=O) groups is 4. The summed E-state index contributed by atoms with van der Waals surface area (Å²) in [4.78, 5) is 54.0. The molecule has 1 aromatic rings. The number of nitrogens with zero attached hydrogens (tertiary/aromatic N) is 1. The Kier molecular flexibility index (Phi) is 3.21. The van der Waals surface area contributed by atoms with Gasteiger partial charge in [-0.05, 0) is 37.8 Å². The summed E-state index contributed by atoms with van der Waals surface area (Å²) >= 11 is 0. The van der Waals surface area contributed by atoms with Crippen LogP contribution in [0, 0.1) is 11.8 Å². The molecule has 4 aliphatic rings. The van der Waals surface area contributed by atoms with Crippen LogP contribution in [0.25, 0.3) is 5.57 Å². The highest BCUT2D eigenvalue weighted by molar-refractivity contribution is 6.33. The van der Waals surface area contributed by atoms with Crippen molar-refractivity contribution in [3.8, 4) is 0 Å². The fourth-order valence-corrected chi connectivity index (χ4v) is 5.43. The van der Waals surface area contributed by atoms with Crippen molar-refractivity contribution in [2.75, 3.05) is 6.54 Å². The summed E-state index contributed by atoms with van der Waals surface area (Å²) < 4.78 is 6.15.